The van der Waals surface area contributed by atoms with Gasteiger partial charge in [0, 0.05) is 5.41 Å². The number of hydrogen-bond acceptors (Lipinski definition) is 6. The summed E-state index contributed by atoms with van der Waals surface area (Å²) in [4.78, 5) is 23.6. The second-order valence-corrected chi connectivity index (χ2v) is 10.1. The predicted molar refractivity (Wildman–Crippen MR) is 120 cm³/mol. The van der Waals surface area contributed by atoms with E-state index in [0.717, 1.165) is 31.2 Å². The first-order valence-corrected chi connectivity index (χ1v) is 11.8. The Balaban J connectivity index is 1.34. The molecule has 0 radical (unpaired) electrons. The number of carboxylic acids is 1. The maximum Gasteiger partial charge on any atom is 0.412 e. The standard InChI is InChI=1S/C25H29FN2O6/c1-14-21(27-23(31)33-15(2)16-3-4-16)22(34-28-14)18-6-5-17(11-19(18)26)24-7-9-25(10-8-24,32-13-24)12-20(29)30/h5-6,11,15-16H,3-4,7-10,12-13H2,1-2H3,(H,27,31)(H,29,30)/t15-,24?,25?/m1/s1. The van der Waals surface area contributed by atoms with E-state index in [1.54, 1.807) is 13.0 Å². The maximum atomic E-state index is 15.4. The Morgan fingerprint density at radius 1 is 1.29 bits per heavy atom. The van der Waals surface area contributed by atoms with Crippen LogP contribution in [0.5, 0.6) is 0 Å². The number of carbonyl (C=O) groups excluding carboxylic acids is 1. The molecule has 0 unspecified atom stereocenters. The van der Waals surface area contributed by atoms with E-state index < -0.39 is 23.5 Å². The van der Waals surface area contributed by atoms with E-state index in [2.05, 4.69) is 10.5 Å². The third-order valence-electron chi connectivity index (χ3n) is 7.74. The quantitative estimate of drug-likeness (QED) is 0.570. The van der Waals surface area contributed by atoms with Gasteiger partial charge >= 0.3 is 12.1 Å². The second-order valence-electron chi connectivity index (χ2n) is 10.1. The minimum Gasteiger partial charge on any atom is -0.481 e. The molecule has 182 valence electrons. The molecule has 2 aromatic rings. The van der Waals surface area contributed by atoms with Crippen LogP contribution in [0.4, 0.5) is 14.9 Å². The largest absolute Gasteiger partial charge is 0.481 e. The average molecular weight is 473 g/mol. The van der Waals surface area contributed by atoms with E-state index in [9.17, 15) is 14.7 Å². The summed E-state index contributed by atoms with van der Waals surface area (Å²) in [5, 5.41) is 15.8. The zero-order valence-corrected chi connectivity index (χ0v) is 19.4. The molecule has 1 aromatic heterocycles. The van der Waals surface area contributed by atoms with Crippen LogP contribution in [-0.2, 0) is 19.7 Å². The molecule has 0 spiro atoms. The van der Waals surface area contributed by atoms with Crippen LogP contribution in [0.1, 0.15) is 63.1 Å². The van der Waals surface area contributed by atoms with Gasteiger partial charge in [0.25, 0.3) is 0 Å². The SMILES string of the molecule is Cc1noc(-c2ccc(C34CCC(CC(=O)O)(CC3)OC4)cc2F)c1NC(=O)O[C@H](C)C1CC1. The first kappa shape index (κ1) is 22.8. The van der Waals surface area contributed by atoms with E-state index in [1.165, 1.54) is 6.07 Å². The third-order valence-corrected chi connectivity index (χ3v) is 7.74. The summed E-state index contributed by atoms with van der Waals surface area (Å²) in [5.74, 6) is -0.809. The highest BCUT2D eigenvalue weighted by Gasteiger charge is 2.51. The van der Waals surface area contributed by atoms with Gasteiger partial charge in [-0.2, -0.15) is 0 Å². The summed E-state index contributed by atoms with van der Waals surface area (Å²) in [7, 11) is 0. The third kappa shape index (κ3) is 4.17. The first-order chi connectivity index (χ1) is 16.2. The molecule has 2 saturated carbocycles. The number of nitrogens with zero attached hydrogens (tertiary/aromatic N) is 1. The van der Waals surface area contributed by atoms with Crippen molar-refractivity contribution in [2.24, 2.45) is 5.92 Å². The minimum absolute atomic E-state index is 0.00112. The van der Waals surface area contributed by atoms with Gasteiger partial charge in [0.05, 0.1) is 24.2 Å². The number of rotatable bonds is 7. The Hall–Kier alpha value is -2.94. The van der Waals surface area contributed by atoms with Crippen molar-refractivity contribution in [2.45, 2.75) is 75.9 Å². The number of benzene rings is 1. The lowest BCUT2D eigenvalue weighted by atomic mass is 9.62. The molecule has 2 N–H and O–H groups in total. The second kappa shape index (κ2) is 8.37. The number of ether oxygens (including phenoxy) is 2. The van der Waals surface area contributed by atoms with Crippen molar-refractivity contribution in [3.05, 3.63) is 35.3 Å². The van der Waals surface area contributed by atoms with E-state index >= 15 is 4.39 Å². The lowest BCUT2D eigenvalue weighted by Gasteiger charge is -2.53. The Labute approximate surface area is 196 Å². The van der Waals surface area contributed by atoms with E-state index in [1.807, 2.05) is 13.0 Å². The molecule has 1 aromatic carbocycles. The topological polar surface area (TPSA) is 111 Å². The molecule has 3 heterocycles. The van der Waals surface area contributed by atoms with Gasteiger partial charge in [-0.05, 0) is 76.0 Å². The number of halogens is 1. The van der Waals surface area contributed by atoms with Gasteiger partial charge in [-0.25, -0.2) is 9.18 Å². The number of hydrogen-bond donors (Lipinski definition) is 2. The highest BCUT2D eigenvalue weighted by atomic mass is 19.1. The molecule has 6 rings (SSSR count). The number of nitrogens with one attached hydrogen (secondary N) is 1. The maximum absolute atomic E-state index is 15.4. The van der Waals surface area contributed by atoms with Crippen molar-refractivity contribution >= 4 is 17.7 Å². The zero-order valence-electron chi connectivity index (χ0n) is 19.4. The number of anilines is 1. The fraction of sp³-hybridized carbons (Fsp3) is 0.560. The van der Waals surface area contributed by atoms with Gasteiger partial charge in [-0.15, -0.1) is 0 Å². The summed E-state index contributed by atoms with van der Waals surface area (Å²) < 4.78 is 32.2. The van der Waals surface area contributed by atoms with Gasteiger partial charge in [0.15, 0.2) is 5.76 Å². The van der Waals surface area contributed by atoms with Gasteiger partial charge in [0.1, 0.15) is 23.3 Å². The van der Waals surface area contributed by atoms with Crippen molar-refractivity contribution in [3.8, 4) is 11.3 Å². The molecular formula is C25H29FN2O6. The molecular weight excluding hydrogens is 443 g/mol. The summed E-state index contributed by atoms with van der Waals surface area (Å²) in [6.07, 6.45) is 4.08. The van der Waals surface area contributed by atoms with Crippen LogP contribution in [-0.4, -0.2) is 40.6 Å². The van der Waals surface area contributed by atoms with E-state index in [-0.39, 0.29) is 35.0 Å². The Bertz CT molecular complexity index is 1100. The van der Waals surface area contributed by atoms with Gasteiger partial charge in [-0.3, -0.25) is 10.1 Å². The van der Waals surface area contributed by atoms with Crippen LogP contribution in [0.25, 0.3) is 11.3 Å². The van der Waals surface area contributed by atoms with Crippen molar-refractivity contribution in [1.82, 2.24) is 5.16 Å². The molecule has 8 nitrogen and oxygen atoms in total. The van der Waals surface area contributed by atoms with Gasteiger partial charge < -0.3 is 19.1 Å². The van der Waals surface area contributed by atoms with E-state index in [4.69, 9.17) is 14.0 Å². The molecule has 9 heteroatoms. The number of aromatic nitrogens is 1. The summed E-state index contributed by atoms with van der Waals surface area (Å²) in [5.41, 5.74) is 0.793. The molecule has 2 aliphatic heterocycles. The van der Waals surface area contributed by atoms with Crippen LogP contribution in [0.15, 0.2) is 22.7 Å². The van der Waals surface area contributed by atoms with Crippen LogP contribution in [0.3, 0.4) is 0 Å². The zero-order chi connectivity index (χ0) is 24.1. The summed E-state index contributed by atoms with van der Waals surface area (Å²) >= 11 is 0. The van der Waals surface area contributed by atoms with Crippen LogP contribution in [0.2, 0.25) is 0 Å². The lowest BCUT2D eigenvalue weighted by molar-refractivity contribution is -0.174. The van der Waals surface area contributed by atoms with Gasteiger partial charge in [0.2, 0.25) is 0 Å². The Morgan fingerprint density at radius 2 is 2.03 bits per heavy atom. The van der Waals surface area contributed by atoms with Crippen LogP contribution >= 0.6 is 0 Å². The number of fused-ring (bicyclic) bond motifs is 3. The highest BCUT2D eigenvalue weighted by molar-refractivity contribution is 5.90. The predicted octanol–water partition coefficient (Wildman–Crippen LogP) is 5.19. The molecule has 4 aliphatic rings. The van der Waals surface area contributed by atoms with Crippen molar-refractivity contribution in [3.63, 3.8) is 0 Å². The van der Waals surface area contributed by atoms with Crippen LogP contribution < -0.4 is 5.32 Å². The number of carboxylic acid groups (broad SMARTS) is 1. The molecule has 2 bridgehead atoms. The van der Waals surface area contributed by atoms with E-state index in [0.29, 0.717) is 31.1 Å². The molecule has 1 amide bonds. The monoisotopic (exact) mass is 472 g/mol. The molecule has 2 saturated heterocycles. The van der Waals surface area contributed by atoms with Crippen molar-refractivity contribution < 1.29 is 33.1 Å². The fourth-order valence-corrected chi connectivity index (χ4v) is 5.33. The average Bonchev–Trinajstić information content (AvgIpc) is 3.60. The molecule has 34 heavy (non-hydrogen) atoms. The smallest absolute Gasteiger partial charge is 0.412 e. The van der Waals surface area contributed by atoms with Crippen molar-refractivity contribution in [2.75, 3.05) is 11.9 Å². The van der Waals surface area contributed by atoms with Crippen LogP contribution in [0, 0.1) is 18.7 Å². The number of aryl methyl sites for hydroxylation is 1. The number of carbonyl (C=O) groups is 2. The minimum atomic E-state index is -0.859. The Morgan fingerprint density at radius 3 is 2.62 bits per heavy atom. The first-order valence-electron chi connectivity index (χ1n) is 11.8. The number of amides is 1. The summed E-state index contributed by atoms with van der Waals surface area (Å²) in [6.45, 7) is 3.91. The van der Waals surface area contributed by atoms with Crippen molar-refractivity contribution in [1.29, 1.82) is 0 Å². The molecule has 4 fully saturated rings. The number of aliphatic carboxylic acids is 1. The van der Waals surface area contributed by atoms with Gasteiger partial charge in [-0.1, -0.05) is 11.2 Å². The fourth-order valence-electron chi connectivity index (χ4n) is 5.33. The Kier molecular flexibility index (Phi) is 5.62. The normalized spacial score (nSPS) is 26.8. The summed E-state index contributed by atoms with van der Waals surface area (Å²) in [6, 6.07) is 4.98. The lowest BCUT2D eigenvalue weighted by Crippen LogP contribution is -2.54. The molecule has 2 aliphatic carbocycles. The highest BCUT2D eigenvalue weighted by Crippen LogP contribution is 2.52. The molecule has 1 atom stereocenters.